The van der Waals surface area contributed by atoms with Crippen molar-refractivity contribution in [2.45, 2.75) is 51.1 Å². The molecule has 1 aromatic rings. The minimum absolute atomic E-state index is 0.146. The molecule has 1 saturated carbocycles. The molecule has 2 rings (SSSR count). The topological polar surface area (TPSA) is 29.3 Å². The van der Waals surface area contributed by atoms with Gasteiger partial charge < -0.3 is 10.6 Å². The molecule has 0 aliphatic heterocycles. The van der Waals surface area contributed by atoms with Gasteiger partial charge in [0.2, 0.25) is 0 Å². The summed E-state index contributed by atoms with van der Waals surface area (Å²) >= 11 is 3.51. The molecule has 2 N–H and O–H groups in total. The molecule has 0 amide bonds. The fourth-order valence-electron chi connectivity index (χ4n) is 3.08. The second-order valence-electron chi connectivity index (χ2n) is 5.52. The van der Waals surface area contributed by atoms with Crippen LogP contribution in [0.4, 0.5) is 0 Å². The minimum atomic E-state index is 0.146. The van der Waals surface area contributed by atoms with Gasteiger partial charge in [-0.2, -0.15) is 0 Å². The van der Waals surface area contributed by atoms with E-state index < -0.39 is 0 Å². The van der Waals surface area contributed by atoms with E-state index >= 15 is 0 Å². The lowest BCUT2D eigenvalue weighted by Gasteiger charge is -2.28. The number of nitrogens with zero attached hydrogens (tertiary/aromatic N) is 1. The summed E-state index contributed by atoms with van der Waals surface area (Å²) in [4.78, 5) is 2.62. The molecule has 0 saturated heterocycles. The van der Waals surface area contributed by atoms with Crippen molar-refractivity contribution in [3.63, 3.8) is 0 Å². The Labute approximate surface area is 125 Å². The Morgan fingerprint density at radius 3 is 2.74 bits per heavy atom. The van der Waals surface area contributed by atoms with Crippen LogP contribution in [-0.4, -0.2) is 24.0 Å². The van der Waals surface area contributed by atoms with Gasteiger partial charge in [-0.1, -0.05) is 47.8 Å². The molecule has 19 heavy (non-hydrogen) atoms. The summed E-state index contributed by atoms with van der Waals surface area (Å²) in [6, 6.07) is 9.33. The van der Waals surface area contributed by atoms with Gasteiger partial charge in [0, 0.05) is 23.1 Å². The van der Waals surface area contributed by atoms with Crippen molar-refractivity contribution in [2.24, 2.45) is 5.73 Å². The van der Waals surface area contributed by atoms with E-state index in [1.807, 2.05) is 6.07 Å². The first-order valence-electron chi connectivity index (χ1n) is 7.45. The summed E-state index contributed by atoms with van der Waals surface area (Å²) in [5.41, 5.74) is 7.55. The number of rotatable bonds is 6. The Bertz CT molecular complexity index is 388. The van der Waals surface area contributed by atoms with Crippen molar-refractivity contribution >= 4 is 15.9 Å². The van der Waals surface area contributed by atoms with Gasteiger partial charge in [-0.25, -0.2) is 0 Å². The molecule has 1 fully saturated rings. The van der Waals surface area contributed by atoms with Crippen molar-refractivity contribution in [3.05, 3.63) is 34.3 Å². The van der Waals surface area contributed by atoms with Crippen molar-refractivity contribution < 1.29 is 0 Å². The number of halogens is 1. The SMILES string of the molecule is CCN(CCC(N)c1cccc(Br)c1)C1CCCC1. The molecule has 2 nitrogen and oxygen atoms in total. The lowest BCUT2D eigenvalue weighted by Crippen LogP contribution is -2.35. The van der Waals surface area contributed by atoms with Crippen LogP contribution in [0.5, 0.6) is 0 Å². The van der Waals surface area contributed by atoms with Gasteiger partial charge in [0.25, 0.3) is 0 Å². The number of hydrogen-bond acceptors (Lipinski definition) is 2. The zero-order chi connectivity index (χ0) is 13.7. The van der Waals surface area contributed by atoms with E-state index in [-0.39, 0.29) is 6.04 Å². The second kappa shape index (κ2) is 7.41. The standard InChI is InChI=1S/C16H25BrN2/c1-2-19(15-8-3-4-9-15)11-10-16(18)13-6-5-7-14(17)12-13/h5-7,12,15-16H,2-4,8-11,18H2,1H3. The quantitative estimate of drug-likeness (QED) is 0.853. The highest BCUT2D eigenvalue weighted by Crippen LogP contribution is 2.25. The molecule has 1 aromatic carbocycles. The van der Waals surface area contributed by atoms with E-state index in [2.05, 4.69) is 46.0 Å². The van der Waals surface area contributed by atoms with Gasteiger partial charge >= 0.3 is 0 Å². The maximum Gasteiger partial charge on any atom is 0.0307 e. The third kappa shape index (κ3) is 4.30. The van der Waals surface area contributed by atoms with E-state index in [0.717, 1.165) is 30.0 Å². The van der Waals surface area contributed by atoms with E-state index in [4.69, 9.17) is 5.73 Å². The number of hydrogen-bond donors (Lipinski definition) is 1. The predicted molar refractivity (Wildman–Crippen MR) is 85.2 cm³/mol. The van der Waals surface area contributed by atoms with Gasteiger partial charge in [0.05, 0.1) is 0 Å². The lowest BCUT2D eigenvalue weighted by molar-refractivity contribution is 0.202. The molecule has 0 aromatic heterocycles. The molecular weight excluding hydrogens is 300 g/mol. The van der Waals surface area contributed by atoms with Gasteiger partial charge in [0.1, 0.15) is 0 Å². The average molecular weight is 325 g/mol. The van der Waals surface area contributed by atoms with E-state index in [1.54, 1.807) is 0 Å². The first kappa shape index (κ1) is 15.0. The lowest BCUT2D eigenvalue weighted by atomic mass is 10.0. The Hall–Kier alpha value is -0.380. The number of benzene rings is 1. The summed E-state index contributed by atoms with van der Waals surface area (Å²) in [6.07, 6.45) is 6.60. The highest BCUT2D eigenvalue weighted by molar-refractivity contribution is 9.10. The Morgan fingerprint density at radius 1 is 1.37 bits per heavy atom. The molecule has 3 heteroatoms. The molecular formula is C16H25BrN2. The minimum Gasteiger partial charge on any atom is -0.324 e. The van der Waals surface area contributed by atoms with Gasteiger partial charge in [-0.3, -0.25) is 0 Å². The maximum absolute atomic E-state index is 6.32. The Morgan fingerprint density at radius 2 is 2.11 bits per heavy atom. The smallest absolute Gasteiger partial charge is 0.0307 e. The van der Waals surface area contributed by atoms with Crippen molar-refractivity contribution in [3.8, 4) is 0 Å². The van der Waals surface area contributed by atoms with Gasteiger partial charge in [-0.05, 0) is 43.5 Å². The summed E-state index contributed by atoms with van der Waals surface area (Å²) in [5.74, 6) is 0. The zero-order valence-electron chi connectivity index (χ0n) is 11.8. The Balaban J connectivity index is 1.86. The highest BCUT2D eigenvalue weighted by atomic mass is 79.9. The van der Waals surface area contributed by atoms with Crippen LogP contribution in [0, 0.1) is 0 Å². The molecule has 0 bridgehead atoms. The van der Waals surface area contributed by atoms with Crippen LogP contribution in [-0.2, 0) is 0 Å². The van der Waals surface area contributed by atoms with Crippen LogP contribution >= 0.6 is 15.9 Å². The average Bonchev–Trinajstić information content (AvgIpc) is 2.93. The van der Waals surface area contributed by atoms with Crippen LogP contribution in [0.15, 0.2) is 28.7 Å². The van der Waals surface area contributed by atoms with Gasteiger partial charge in [-0.15, -0.1) is 0 Å². The van der Waals surface area contributed by atoms with Crippen LogP contribution in [0.3, 0.4) is 0 Å². The van der Waals surface area contributed by atoms with Crippen LogP contribution < -0.4 is 5.73 Å². The number of nitrogens with two attached hydrogens (primary N) is 1. The predicted octanol–water partition coefficient (Wildman–Crippen LogP) is 4.10. The first-order valence-corrected chi connectivity index (χ1v) is 8.25. The monoisotopic (exact) mass is 324 g/mol. The van der Waals surface area contributed by atoms with Crippen molar-refractivity contribution in [1.29, 1.82) is 0 Å². The first-order chi connectivity index (χ1) is 9.20. The highest BCUT2D eigenvalue weighted by Gasteiger charge is 2.21. The molecule has 1 aliphatic rings. The fourth-order valence-corrected chi connectivity index (χ4v) is 3.49. The largest absolute Gasteiger partial charge is 0.324 e. The van der Waals surface area contributed by atoms with E-state index in [9.17, 15) is 0 Å². The van der Waals surface area contributed by atoms with Crippen molar-refractivity contribution in [2.75, 3.05) is 13.1 Å². The second-order valence-corrected chi connectivity index (χ2v) is 6.43. The molecule has 1 atom stereocenters. The molecule has 1 aliphatic carbocycles. The summed E-state index contributed by atoms with van der Waals surface area (Å²) in [7, 11) is 0. The van der Waals surface area contributed by atoms with Gasteiger partial charge in [0.15, 0.2) is 0 Å². The van der Waals surface area contributed by atoms with E-state index in [1.165, 1.54) is 31.2 Å². The summed E-state index contributed by atoms with van der Waals surface area (Å²) in [5, 5.41) is 0. The molecule has 106 valence electrons. The molecule has 1 unspecified atom stereocenters. The van der Waals surface area contributed by atoms with Crippen LogP contribution in [0.2, 0.25) is 0 Å². The molecule has 0 radical (unpaired) electrons. The van der Waals surface area contributed by atoms with E-state index in [0.29, 0.717) is 0 Å². The zero-order valence-corrected chi connectivity index (χ0v) is 13.4. The molecule has 0 spiro atoms. The van der Waals surface area contributed by atoms with Crippen molar-refractivity contribution in [1.82, 2.24) is 4.90 Å². The maximum atomic E-state index is 6.32. The summed E-state index contributed by atoms with van der Waals surface area (Å²) in [6.45, 7) is 4.54. The Kier molecular flexibility index (Phi) is 5.86. The normalized spacial score (nSPS) is 18.1. The summed E-state index contributed by atoms with van der Waals surface area (Å²) < 4.78 is 1.11. The van der Waals surface area contributed by atoms with Crippen LogP contribution in [0.1, 0.15) is 50.6 Å². The third-order valence-electron chi connectivity index (χ3n) is 4.25. The fraction of sp³-hybridized carbons (Fsp3) is 0.625. The third-order valence-corrected chi connectivity index (χ3v) is 4.74. The molecule has 0 heterocycles. The van der Waals surface area contributed by atoms with Crippen LogP contribution in [0.25, 0.3) is 0 Å².